The second-order valence-corrected chi connectivity index (χ2v) is 22.6. The minimum Gasteiger partial charge on any atom is -0.480 e. The van der Waals surface area contributed by atoms with Crippen molar-refractivity contribution in [2.24, 2.45) is 44.4 Å². The normalized spacial score (nSPS) is 18.4. The van der Waals surface area contributed by atoms with Crippen molar-refractivity contribution in [1.29, 1.82) is 0 Å². The van der Waals surface area contributed by atoms with E-state index in [-0.39, 0.29) is 109 Å². The number of carboxylic acid groups (broad SMARTS) is 1. The molecule has 2 aromatic rings. The van der Waals surface area contributed by atoms with Crippen LogP contribution in [0.5, 0.6) is 0 Å². The Morgan fingerprint density at radius 3 is 1.48 bits per heavy atom. The summed E-state index contributed by atoms with van der Waals surface area (Å²) in [5, 5.41) is 48.1. The Morgan fingerprint density at radius 1 is 0.505 bits per heavy atom. The summed E-state index contributed by atoms with van der Waals surface area (Å²) in [6, 6.07) is 4.45. The number of aliphatic carboxylic acids is 1. The van der Waals surface area contributed by atoms with Crippen molar-refractivity contribution >= 4 is 77.0 Å². The number of nitrogens with one attached hydrogen (secondary N) is 7. The van der Waals surface area contributed by atoms with E-state index in [1.807, 2.05) is 0 Å². The molecule has 3 heterocycles. The first-order valence-electron chi connectivity index (χ1n) is 30.7. The summed E-state index contributed by atoms with van der Waals surface area (Å²) in [7, 11) is 0. The lowest BCUT2D eigenvalue weighted by molar-refractivity contribution is -0.148. The van der Waals surface area contributed by atoms with Gasteiger partial charge < -0.3 is 102 Å². The van der Waals surface area contributed by atoms with Crippen molar-refractivity contribution in [1.82, 2.24) is 51.9 Å². The lowest BCUT2D eigenvalue weighted by Gasteiger charge is -2.33. The van der Waals surface area contributed by atoms with Crippen LogP contribution in [-0.2, 0) is 65.6 Å². The van der Waals surface area contributed by atoms with Gasteiger partial charge in [0.15, 0.2) is 11.9 Å². The van der Waals surface area contributed by atoms with Gasteiger partial charge in [-0.05, 0) is 101 Å². The molecule has 0 unspecified atom stereocenters. The first kappa shape index (κ1) is 72.7. The van der Waals surface area contributed by atoms with Crippen molar-refractivity contribution < 1.29 is 68.1 Å². The minimum absolute atomic E-state index is 0.0215. The number of carbonyl (C=O) groups is 11. The predicted molar refractivity (Wildman–Crippen MR) is 332 cm³/mol. The molecule has 3 saturated heterocycles. The van der Waals surface area contributed by atoms with E-state index < -0.39 is 145 Å². The molecule has 3 aliphatic rings. The molecule has 0 aliphatic carbocycles. The number of rotatable bonds is 36. The Morgan fingerprint density at radius 2 is 0.956 bits per heavy atom. The lowest BCUT2D eigenvalue weighted by atomic mass is 10.0. The average Bonchev–Trinajstić information content (AvgIpc) is 1.90. The molecule has 32 heteroatoms. The number of aliphatic hydroxyl groups excluding tert-OH is 2. The molecular formula is C59H90N18O14. The highest BCUT2D eigenvalue weighted by molar-refractivity contribution is 5.99. The average molecular weight is 1280 g/mol. The van der Waals surface area contributed by atoms with Gasteiger partial charge in [-0.2, -0.15) is 0 Å². The van der Waals surface area contributed by atoms with Gasteiger partial charge in [-0.25, -0.2) is 4.79 Å². The summed E-state index contributed by atoms with van der Waals surface area (Å²) >= 11 is 0. The van der Waals surface area contributed by atoms with Crippen molar-refractivity contribution in [2.45, 2.75) is 157 Å². The molecule has 5 rings (SSSR count). The second kappa shape index (κ2) is 37.2. The number of hydrogen-bond acceptors (Lipinski definition) is 17. The third-order valence-corrected chi connectivity index (χ3v) is 15.8. The van der Waals surface area contributed by atoms with Crippen LogP contribution in [0.4, 0.5) is 0 Å². The number of amides is 10. The fourth-order valence-electron chi connectivity index (χ4n) is 11.0. The maximum absolute atomic E-state index is 14.5. The Kier molecular flexibility index (Phi) is 29.8. The van der Waals surface area contributed by atoms with Crippen LogP contribution in [0.3, 0.4) is 0 Å². The topological polar surface area (TPSA) is 523 Å². The Balaban J connectivity index is 1.24. The number of likely N-dealkylation sites (tertiary alicyclic amines) is 3. The SMILES string of the molecule is NCCCC[C@H](NC(=O)[C@@H](N)CO)C(=O)N[C@@H](CCCN=C(N)N)C(=O)N1CCC[C@H]1C(=O)N1CCC[C@H]1C(=O)NCC(=O)N[C@@H](Cc1ccccc1)C(=O)N[C@@H](CO)C(=O)N1CCC[C@H]1C(=O)N[C@@H](Cc1ccccc1)C(=O)N[C@@H](CCCN=C(N)N)C(=O)O. The lowest BCUT2D eigenvalue weighted by Crippen LogP contribution is -2.60. The van der Waals surface area contributed by atoms with E-state index in [9.17, 15) is 68.1 Å². The van der Waals surface area contributed by atoms with Gasteiger partial charge in [0, 0.05) is 45.6 Å². The van der Waals surface area contributed by atoms with Crippen LogP contribution in [-0.4, -0.2) is 226 Å². The number of benzene rings is 2. The van der Waals surface area contributed by atoms with Crippen molar-refractivity contribution in [3.63, 3.8) is 0 Å². The smallest absolute Gasteiger partial charge is 0.326 e. The molecule has 10 atom stereocenters. The fourth-order valence-corrected chi connectivity index (χ4v) is 11.0. The summed E-state index contributed by atoms with van der Waals surface area (Å²) in [6.45, 7) is -1.48. The zero-order valence-corrected chi connectivity index (χ0v) is 51.1. The van der Waals surface area contributed by atoms with Crippen molar-refractivity contribution in [3.05, 3.63) is 71.8 Å². The zero-order chi connectivity index (χ0) is 66.6. The number of carbonyl (C=O) groups excluding carboxylic acids is 10. The van der Waals surface area contributed by atoms with Crippen LogP contribution in [0.1, 0.15) is 94.6 Å². The van der Waals surface area contributed by atoms with Crippen LogP contribution < -0.4 is 71.6 Å². The summed E-state index contributed by atoms with van der Waals surface area (Å²) in [5.74, 6) is -9.20. The molecule has 10 amide bonds. The van der Waals surface area contributed by atoms with E-state index in [2.05, 4.69) is 47.2 Å². The van der Waals surface area contributed by atoms with Gasteiger partial charge >= 0.3 is 5.97 Å². The van der Waals surface area contributed by atoms with Crippen LogP contribution in [0.2, 0.25) is 0 Å². The van der Waals surface area contributed by atoms with E-state index >= 15 is 0 Å². The van der Waals surface area contributed by atoms with E-state index in [1.165, 1.54) is 14.7 Å². The highest BCUT2D eigenvalue weighted by Crippen LogP contribution is 2.27. The second-order valence-electron chi connectivity index (χ2n) is 22.6. The quantitative estimate of drug-likeness (QED) is 0.0172. The van der Waals surface area contributed by atoms with Crippen molar-refractivity contribution in [2.75, 3.05) is 59.0 Å². The zero-order valence-electron chi connectivity index (χ0n) is 51.1. The van der Waals surface area contributed by atoms with Crippen LogP contribution in [0.15, 0.2) is 70.6 Å². The van der Waals surface area contributed by atoms with Gasteiger partial charge in [-0.1, -0.05) is 60.7 Å². The van der Waals surface area contributed by atoms with Crippen LogP contribution in [0.25, 0.3) is 0 Å². The first-order chi connectivity index (χ1) is 43.6. The minimum atomic E-state index is -1.63. The molecule has 0 bridgehead atoms. The molecule has 500 valence electrons. The van der Waals surface area contributed by atoms with E-state index in [0.29, 0.717) is 49.8 Å². The predicted octanol–water partition coefficient (Wildman–Crippen LogP) is -5.90. The number of unbranched alkanes of at least 4 members (excludes halogenated alkanes) is 1. The Hall–Kier alpha value is -9.01. The summed E-state index contributed by atoms with van der Waals surface area (Å²) in [6.07, 6.45) is 3.00. The summed E-state index contributed by atoms with van der Waals surface area (Å²) < 4.78 is 0. The fraction of sp³-hybridized carbons (Fsp3) is 0.576. The third-order valence-electron chi connectivity index (χ3n) is 15.8. The highest BCUT2D eigenvalue weighted by Gasteiger charge is 2.45. The molecular weight excluding hydrogens is 1180 g/mol. The summed E-state index contributed by atoms with van der Waals surface area (Å²) in [4.78, 5) is 164. The largest absolute Gasteiger partial charge is 0.480 e. The van der Waals surface area contributed by atoms with E-state index in [1.54, 1.807) is 60.7 Å². The van der Waals surface area contributed by atoms with Crippen LogP contribution >= 0.6 is 0 Å². The number of guanidine groups is 2. The molecule has 2 aromatic carbocycles. The molecule has 3 aliphatic heterocycles. The van der Waals surface area contributed by atoms with Gasteiger partial charge in [0.25, 0.3) is 0 Å². The number of aliphatic hydroxyl groups is 2. The maximum Gasteiger partial charge on any atom is 0.326 e. The first-order valence-corrected chi connectivity index (χ1v) is 30.7. The molecule has 0 saturated carbocycles. The number of aliphatic imine (C=N–C) groups is 2. The summed E-state index contributed by atoms with van der Waals surface area (Å²) in [5.41, 5.74) is 34.4. The van der Waals surface area contributed by atoms with Gasteiger partial charge in [0.1, 0.15) is 60.4 Å². The molecule has 0 radical (unpaired) electrons. The maximum atomic E-state index is 14.5. The van der Waals surface area contributed by atoms with E-state index in [0.717, 1.165) is 0 Å². The molecule has 91 heavy (non-hydrogen) atoms. The number of hydrogen-bond donors (Lipinski definition) is 16. The molecule has 3 fully saturated rings. The van der Waals surface area contributed by atoms with Gasteiger partial charge in [0.05, 0.1) is 19.8 Å². The standard InChI is InChI=1S/C59H90N18O14/c60-24-8-7-18-38(70-48(81)37(61)33-78)49(82)71-39(19-9-25-66-58(62)63)54(87)77-29-13-23-46(77)56(89)76-28-11-21-44(76)52(85)68-32-47(80)69-41(30-35-14-3-1-4-15-35)50(83)74-43(34-79)55(88)75-27-12-22-45(75)53(86)73-42(31-36-16-5-2-6-17-36)51(84)72-40(57(90)91)20-10-26-67-59(64)65/h1-6,14-17,37-46,78-79H,7-13,18-34,60-61H2,(H,68,85)(H,69,80)(H,70,81)(H,71,82)(H,72,84)(H,73,86)(H,74,83)(H,90,91)(H4,62,63,66)(H4,64,65,67)/t37-,38-,39-,40-,41-,42-,43-,44-,45-,46-/m0/s1. The number of nitrogens with two attached hydrogens (primary N) is 6. The molecule has 0 aromatic heterocycles. The van der Waals surface area contributed by atoms with Gasteiger partial charge in [0.2, 0.25) is 59.1 Å². The molecule has 0 spiro atoms. The monoisotopic (exact) mass is 1270 g/mol. The molecule has 22 N–H and O–H groups in total. The Bertz CT molecular complexity index is 2860. The highest BCUT2D eigenvalue weighted by atomic mass is 16.4. The van der Waals surface area contributed by atoms with Gasteiger partial charge in [-0.3, -0.25) is 57.9 Å². The van der Waals surface area contributed by atoms with E-state index in [4.69, 9.17) is 34.4 Å². The number of carboxylic acids is 1. The number of nitrogens with zero attached hydrogens (tertiary/aromatic N) is 5. The molecule has 32 nitrogen and oxygen atoms in total. The van der Waals surface area contributed by atoms with Gasteiger partial charge in [-0.15, -0.1) is 0 Å². The van der Waals surface area contributed by atoms with Crippen LogP contribution in [0, 0.1) is 0 Å². The third kappa shape index (κ3) is 22.8. The Labute approximate surface area is 527 Å². The van der Waals surface area contributed by atoms with Crippen molar-refractivity contribution in [3.8, 4) is 0 Å².